The zero-order chi connectivity index (χ0) is 7.33. The Morgan fingerprint density at radius 3 is 1.78 bits per heavy atom. The van der Waals surface area contributed by atoms with Crippen molar-refractivity contribution in [3.8, 4) is 0 Å². The second kappa shape index (κ2) is 3.79. The second-order valence-corrected chi connectivity index (χ2v) is 2.35. The fraction of sp³-hybridized carbons (Fsp3) is 1.00. The molecule has 4 nitrogen and oxygen atoms in total. The summed E-state index contributed by atoms with van der Waals surface area (Å²) in [7, 11) is 0. The molecule has 0 unspecified atom stereocenters. The minimum atomic E-state index is -0.186. The molecule has 0 bridgehead atoms. The Balaban J connectivity index is 3.62. The molecule has 0 spiro atoms. The summed E-state index contributed by atoms with van der Waals surface area (Å²) in [4.78, 5) is 0. The second-order valence-electron chi connectivity index (χ2n) is 2.35. The van der Waals surface area contributed by atoms with E-state index in [0.717, 1.165) is 0 Å². The van der Waals surface area contributed by atoms with Crippen molar-refractivity contribution in [3.05, 3.63) is 0 Å². The molecule has 4 heteroatoms. The van der Waals surface area contributed by atoms with Crippen LogP contribution in [0.2, 0.25) is 0 Å². The number of rotatable bonds is 4. The summed E-state index contributed by atoms with van der Waals surface area (Å²) < 4.78 is 0. The van der Waals surface area contributed by atoms with Crippen LogP contribution in [0.1, 0.15) is 6.92 Å². The SMILES string of the molecule is CC(CN)(CN)NCN. The van der Waals surface area contributed by atoms with Gasteiger partial charge >= 0.3 is 0 Å². The standard InChI is InChI=1S/C5H16N4/c1-5(2-6,3-7)9-4-8/h9H,2-4,6-8H2,1H3. The molecule has 0 fully saturated rings. The van der Waals surface area contributed by atoms with Gasteiger partial charge in [0.15, 0.2) is 0 Å². The van der Waals surface area contributed by atoms with E-state index in [1.165, 1.54) is 0 Å². The van der Waals surface area contributed by atoms with E-state index in [9.17, 15) is 0 Å². The molecule has 9 heavy (non-hydrogen) atoms. The molecule has 0 aliphatic rings. The van der Waals surface area contributed by atoms with Crippen LogP contribution in [-0.2, 0) is 0 Å². The van der Waals surface area contributed by atoms with E-state index in [0.29, 0.717) is 19.8 Å². The van der Waals surface area contributed by atoms with Crippen LogP contribution in [0.15, 0.2) is 0 Å². The smallest absolute Gasteiger partial charge is 0.0434 e. The van der Waals surface area contributed by atoms with Gasteiger partial charge in [0.1, 0.15) is 0 Å². The average molecular weight is 132 g/mol. The molecule has 0 heterocycles. The molecule has 0 aromatic rings. The lowest BCUT2D eigenvalue weighted by atomic mass is 10.0. The number of nitrogens with two attached hydrogens (primary N) is 3. The van der Waals surface area contributed by atoms with Gasteiger partial charge in [0.25, 0.3) is 0 Å². The maximum Gasteiger partial charge on any atom is 0.0434 e. The Kier molecular flexibility index (Phi) is 3.72. The Morgan fingerprint density at radius 2 is 1.67 bits per heavy atom. The molecule has 0 aromatic heterocycles. The van der Waals surface area contributed by atoms with E-state index >= 15 is 0 Å². The zero-order valence-corrected chi connectivity index (χ0v) is 5.85. The maximum atomic E-state index is 5.41. The molecule has 0 aliphatic carbocycles. The van der Waals surface area contributed by atoms with Crippen LogP contribution in [0.3, 0.4) is 0 Å². The van der Waals surface area contributed by atoms with Crippen molar-refractivity contribution in [1.82, 2.24) is 5.32 Å². The summed E-state index contributed by atoms with van der Waals surface area (Å²) in [5, 5.41) is 2.99. The summed E-state index contributed by atoms with van der Waals surface area (Å²) >= 11 is 0. The average Bonchev–Trinajstić information content (AvgIpc) is 1.89. The molecule has 7 N–H and O–H groups in total. The number of hydrogen-bond donors (Lipinski definition) is 4. The van der Waals surface area contributed by atoms with Crippen LogP contribution in [0, 0.1) is 0 Å². The van der Waals surface area contributed by atoms with Gasteiger partial charge in [-0.15, -0.1) is 0 Å². The molecule has 0 aromatic carbocycles. The lowest BCUT2D eigenvalue weighted by Gasteiger charge is -2.26. The summed E-state index contributed by atoms with van der Waals surface area (Å²) in [6, 6.07) is 0. The highest BCUT2D eigenvalue weighted by atomic mass is 15.1. The Labute approximate surface area is 55.8 Å². The molecule has 0 saturated heterocycles. The third kappa shape index (κ3) is 2.76. The normalized spacial score (nSPS) is 12.0. The van der Waals surface area contributed by atoms with Gasteiger partial charge in [0, 0.05) is 25.3 Å². The van der Waals surface area contributed by atoms with E-state index in [-0.39, 0.29) is 5.54 Å². The zero-order valence-electron chi connectivity index (χ0n) is 5.85. The van der Waals surface area contributed by atoms with Gasteiger partial charge in [-0.1, -0.05) is 0 Å². The summed E-state index contributed by atoms with van der Waals surface area (Å²) in [6.07, 6.45) is 0. The summed E-state index contributed by atoms with van der Waals surface area (Å²) in [5.74, 6) is 0. The van der Waals surface area contributed by atoms with E-state index < -0.39 is 0 Å². The van der Waals surface area contributed by atoms with Crippen molar-refractivity contribution in [2.24, 2.45) is 17.2 Å². The molecule has 0 amide bonds. The quantitative estimate of drug-likeness (QED) is 0.339. The molecule has 56 valence electrons. The lowest BCUT2D eigenvalue weighted by molar-refractivity contribution is 0.379. The van der Waals surface area contributed by atoms with E-state index in [2.05, 4.69) is 5.32 Å². The van der Waals surface area contributed by atoms with Crippen LogP contribution in [0.5, 0.6) is 0 Å². The first-order chi connectivity index (χ1) is 4.18. The van der Waals surface area contributed by atoms with Crippen LogP contribution < -0.4 is 22.5 Å². The Bertz CT molecular complexity index is 69.4. The summed E-state index contributed by atoms with van der Waals surface area (Å²) in [6.45, 7) is 3.39. The number of nitrogens with one attached hydrogen (secondary N) is 1. The molecular formula is C5H16N4. The first-order valence-corrected chi connectivity index (χ1v) is 3.04. The van der Waals surface area contributed by atoms with Crippen LogP contribution in [0.4, 0.5) is 0 Å². The molecule has 0 rings (SSSR count). The third-order valence-electron chi connectivity index (χ3n) is 1.43. The van der Waals surface area contributed by atoms with E-state index in [1.807, 2.05) is 6.92 Å². The van der Waals surface area contributed by atoms with Gasteiger partial charge in [0.2, 0.25) is 0 Å². The Hall–Kier alpha value is -0.160. The first-order valence-electron chi connectivity index (χ1n) is 3.04. The predicted octanol–water partition coefficient (Wildman–Crippen LogP) is -1.83. The highest BCUT2D eigenvalue weighted by Crippen LogP contribution is 1.94. The minimum Gasteiger partial charge on any atom is -0.329 e. The van der Waals surface area contributed by atoms with Crippen molar-refractivity contribution >= 4 is 0 Å². The van der Waals surface area contributed by atoms with Crippen molar-refractivity contribution in [2.75, 3.05) is 19.8 Å². The maximum absolute atomic E-state index is 5.41. The van der Waals surface area contributed by atoms with Gasteiger partial charge in [-0.2, -0.15) is 0 Å². The van der Waals surface area contributed by atoms with Gasteiger partial charge in [0.05, 0.1) is 0 Å². The molecule has 0 saturated carbocycles. The highest BCUT2D eigenvalue weighted by Gasteiger charge is 2.17. The fourth-order valence-corrected chi connectivity index (χ4v) is 0.474. The van der Waals surface area contributed by atoms with Gasteiger partial charge in [-0.25, -0.2) is 0 Å². The van der Waals surface area contributed by atoms with Crippen molar-refractivity contribution in [2.45, 2.75) is 12.5 Å². The fourth-order valence-electron chi connectivity index (χ4n) is 0.474. The van der Waals surface area contributed by atoms with Gasteiger partial charge in [-0.3, -0.25) is 5.32 Å². The minimum absolute atomic E-state index is 0.186. The van der Waals surface area contributed by atoms with E-state index in [1.54, 1.807) is 0 Å². The van der Waals surface area contributed by atoms with Crippen molar-refractivity contribution < 1.29 is 0 Å². The van der Waals surface area contributed by atoms with Crippen LogP contribution in [-0.4, -0.2) is 25.3 Å². The van der Waals surface area contributed by atoms with Crippen molar-refractivity contribution in [3.63, 3.8) is 0 Å². The largest absolute Gasteiger partial charge is 0.329 e. The molecule has 0 aliphatic heterocycles. The molecular weight excluding hydrogens is 116 g/mol. The Morgan fingerprint density at radius 1 is 1.22 bits per heavy atom. The van der Waals surface area contributed by atoms with Gasteiger partial charge < -0.3 is 17.2 Å². The monoisotopic (exact) mass is 132 g/mol. The predicted molar refractivity (Wildman–Crippen MR) is 38.7 cm³/mol. The van der Waals surface area contributed by atoms with Crippen molar-refractivity contribution in [1.29, 1.82) is 0 Å². The molecule has 0 radical (unpaired) electrons. The van der Waals surface area contributed by atoms with Gasteiger partial charge in [-0.05, 0) is 6.92 Å². The summed E-state index contributed by atoms with van der Waals surface area (Å²) in [5.41, 5.74) is 15.9. The third-order valence-corrected chi connectivity index (χ3v) is 1.43. The molecule has 0 atom stereocenters. The van der Waals surface area contributed by atoms with Crippen LogP contribution in [0.25, 0.3) is 0 Å². The first kappa shape index (κ1) is 8.84. The number of hydrogen-bond acceptors (Lipinski definition) is 4. The topological polar surface area (TPSA) is 90.1 Å². The lowest BCUT2D eigenvalue weighted by Crippen LogP contribution is -2.55. The van der Waals surface area contributed by atoms with E-state index in [4.69, 9.17) is 17.2 Å². The van der Waals surface area contributed by atoms with Crippen LogP contribution >= 0.6 is 0 Å². The highest BCUT2D eigenvalue weighted by molar-refractivity contribution is 4.83.